The van der Waals surface area contributed by atoms with Gasteiger partial charge in [-0.25, -0.2) is 4.98 Å². The van der Waals surface area contributed by atoms with Crippen LogP contribution in [0.2, 0.25) is 0 Å². The van der Waals surface area contributed by atoms with Gasteiger partial charge in [-0.2, -0.15) is 18.3 Å². The number of furan rings is 1. The van der Waals surface area contributed by atoms with E-state index in [-0.39, 0.29) is 5.82 Å². The van der Waals surface area contributed by atoms with Gasteiger partial charge < -0.3 is 8.98 Å². The van der Waals surface area contributed by atoms with Gasteiger partial charge in [-0.15, -0.1) is 0 Å². The number of hydrazone groups is 1. The Morgan fingerprint density at radius 2 is 2.08 bits per heavy atom. The highest BCUT2D eigenvalue weighted by atomic mass is 19.4. The van der Waals surface area contributed by atoms with Crippen molar-refractivity contribution in [2.75, 3.05) is 5.43 Å². The van der Waals surface area contributed by atoms with Crippen molar-refractivity contribution < 1.29 is 17.6 Å². The number of rotatable bonds is 5. The van der Waals surface area contributed by atoms with Gasteiger partial charge in [0.25, 0.3) is 0 Å². The molecular formula is C18H17F3N4O. The van der Waals surface area contributed by atoms with Gasteiger partial charge >= 0.3 is 6.18 Å². The molecule has 136 valence electrons. The lowest BCUT2D eigenvalue weighted by molar-refractivity contribution is -0.137. The van der Waals surface area contributed by atoms with E-state index in [1.54, 1.807) is 12.5 Å². The fraction of sp³-hybridized carbons (Fsp3) is 0.222. The summed E-state index contributed by atoms with van der Waals surface area (Å²) in [6.07, 6.45) is -0.388. The molecule has 3 heterocycles. The molecule has 0 aliphatic carbocycles. The Hall–Kier alpha value is -3.03. The second kappa shape index (κ2) is 7.07. The van der Waals surface area contributed by atoms with E-state index >= 15 is 0 Å². The van der Waals surface area contributed by atoms with Gasteiger partial charge in [0, 0.05) is 23.1 Å². The van der Waals surface area contributed by atoms with Crippen LogP contribution < -0.4 is 5.43 Å². The molecule has 3 aromatic rings. The molecule has 0 fully saturated rings. The fourth-order valence-corrected chi connectivity index (χ4v) is 2.56. The molecule has 1 N–H and O–H groups in total. The van der Waals surface area contributed by atoms with Gasteiger partial charge in [0.2, 0.25) is 0 Å². The zero-order valence-corrected chi connectivity index (χ0v) is 14.2. The van der Waals surface area contributed by atoms with E-state index in [1.165, 1.54) is 6.07 Å². The molecule has 0 atom stereocenters. The smallest absolute Gasteiger partial charge is 0.417 e. The third kappa shape index (κ3) is 3.96. The minimum Gasteiger partial charge on any atom is -0.467 e. The SMILES string of the molecule is Cc1cc(/C=N\Nc2ccc(C(F)(F)F)cn2)c(C)n1Cc1ccco1. The summed E-state index contributed by atoms with van der Waals surface area (Å²) in [5.74, 6) is 1.08. The van der Waals surface area contributed by atoms with Crippen LogP contribution in [0.3, 0.4) is 0 Å². The lowest BCUT2D eigenvalue weighted by Crippen LogP contribution is -2.05. The Bertz CT molecular complexity index is 894. The Labute approximate surface area is 148 Å². The molecule has 0 amide bonds. The van der Waals surface area contributed by atoms with Crippen molar-refractivity contribution in [1.82, 2.24) is 9.55 Å². The van der Waals surface area contributed by atoms with Gasteiger partial charge in [-0.05, 0) is 44.2 Å². The standard InChI is InChI=1S/C18H17F3N4O/c1-12-8-14(13(2)25(12)11-16-4-3-7-26-16)9-23-24-17-6-5-15(10-22-17)18(19,20)21/h3-10H,11H2,1-2H3,(H,22,24)/b23-9-. The first kappa shape index (κ1) is 17.8. The van der Waals surface area contributed by atoms with Crippen LogP contribution in [0.1, 0.15) is 28.3 Å². The summed E-state index contributed by atoms with van der Waals surface area (Å²) in [5, 5.41) is 4.06. The van der Waals surface area contributed by atoms with Crippen molar-refractivity contribution in [2.45, 2.75) is 26.6 Å². The minimum atomic E-state index is -4.40. The summed E-state index contributed by atoms with van der Waals surface area (Å²) in [7, 11) is 0. The summed E-state index contributed by atoms with van der Waals surface area (Å²) in [5.41, 5.74) is 4.79. The Kier molecular flexibility index (Phi) is 4.83. The Balaban J connectivity index is 1.69. The number of hydrogen-bond acceptors (Lipinski definition) is 4. The number of pyridine rings is 1. The Morgan fingerprint density at radius 3 is 2.69 bits per heavy atom. The highest BCUT2D eigenvalue weighted by Gasteiger charge is 2.30. The number of aromatic nitrogens is 2. The summed E-state index contributed by atoms with van der Waals surface area (Å²) in [6, 6.07) is 7.92. The highest BCUT2D eigenvalue weighted by Crippen LogP contribution is 2.28. The van der Waals surface area contributed by atoms with Crippen LogP contribution in [-0.2, 0) is 12.7 Å². The summed E-state index contributed by atoms with van der Waals surface area (Å²) >= 11 is 0. The van der Waals surface area contributed by atoms with E-state index < -0.39 is 11.7 Å². The summed E-state index contributed by atoms with van der Waals surface area (Å²) < 4.78 is 45.0. The molecule has 0 radical (unpaired) electrons. The Morgan fingerprint density at radius 1 is 1.27 bits per heavy atom. The number of nitrogens with one attached hydrogen (secondary N) is 1. The molecule has 5 nitrogen and oxygen atoms in total. The fourth-order valence-electron chi connectivity index (χ4n) is 2.56. The highest BCUT2D eigenvalue weighted by molar-refractivity contribution is 5.82. The predicted octanol–water partition coefficient (Wildman–Crippen LogP) is 4.61. The molecule has 0 aliphatic rings. The van der Waals surface area contributed by atoms with Crippen molar-refractivity contribution in [3.05, 3.63) is 71.1 Å². The molecule has 3 aromatic heterocycles. The molecule has 0 spiro atoms. The number of hydrogen-bond donors (Lipinski definition) is 1. The molecule has 8 heteroatoms. The first-order valence-electron chi connectivity index (χ1n) is 7.86. The maximum absolute atomic E-state index is 12.5. The zero-order chi connectivity index (χ0) is 18.7. The van der Waals surface area contributed by atoms with Gasteiger partial charge in [0.15, 0.2) is 0 Å². The van der Waals surface area contributed by atoms with Crippen molar-refractivity contribution in [1.29, 1.82) is 0 Å². The van der Waals surface area contributed by atoms with E-state index in [1.807, 2.05) is 32.0 Å². The van der Waals surface area contributed by atoms with Crippen LogP contribution in [0.15, 0.2) is 52.3 Å². The summed E-state index contributed by atoms with van der Waals surface area (Å²) in [4.78, 5) is 3.71. The minimum absolute atomic E-state index is 0.235. The molecular weight excluding hydrogens is 345 g/mol. The average Bonchev–Trinajstić information content (AvgIpc) is 3.19. The topological polar surface area (TPSA) is 55.4 Å². The second-order valence-electron chi connectivity index (χ2n) is 5.79. The predicted molar refractivity (Wildman–Crippen MR) is 92.2 cm³/mol. The van der Waals surface area contributed by atoms with E-state index in [4.69, 9.17) is 4.42 Å². The van der Waals surface area contributed by atoms with Crippen LogP contribution in [-0.4, -0.2) is 15.8 Å². The van der Waals surface area contributed by atoms with Gasteiger partial charge in [-0.3, -0.25) is 5.43 Å². The lowest BCUT2D eigenvalue weighted by atomic mass is 10.2. The first-order valence-corrected chi connectivity index (χ1v) is 7.86. The van der Waals surface area contributed by atoms with Crippen molar-refractivity contribution >= 4 is 12.0 Å². The summed E-state index contributed by atoms with van der Waals surface area (Å²) in [6.45, 7) is 4.57. The lowest BCUT2D eigenvalue weighted by Gasteiger charge is -2.07. The van der Waals surface area contributed by atoms with Gasteiger partial charge in [0.1, 0.15) is 11.6 Å². The van der Waals surface area contributed by atoms with Crippen LogP contribution in [0.4, 0.5) is 19.0 Å². The van der Waals surface area contributed by atoms with Crippen LogP contribution in [0.5, 0.6) is 0 Å². The van der Waals surface area contributed by atoms with E-state index in [0.717, 1.165) is 35.0 Å². The largest absolute Gasteiger partial charge is 0.467 e. The first-order chi connectivity index (χ1) is 12.3. The molecule has 0 unspecified atom stereocenters. The molecule has 3 rings (SSSR count). The molecule has 26 heavy (non-hydrogen) atoms. The quantitative estimate of drug-likeness (QED) is 0.533. The molecule has 0 aliphatic heterocycles. The van der Waals surface area contributed by atoms with Crippen molar-refractivity contribution in [2.24, 2.45) is 5.10 Å². The normalized spacial score (nSPS) is 12.0. The van der Waals surface area contributed by atoms with E-state index in [9.17, 15) is 13.2 Å². The number of halogens is 3. The van der Waals surface area contributed by atoms with Crippen LogP contribution >= 0.6 is 0 Å². The van der Waals surface area contributed by atoms with Gasteiger partial charge in [-0.1, -0.05) is 0 Å². The molecule has 0 bridgehead atoms. The van der Waals surface area contributed by atoms with Crippen LogP contribution in [0.25, 0.3) is 0 Å². The maximum Gasteiger partial charge on any atom is 0.417 e. The third-order valence-corrected chi connectivity index (χ3v) is 3.98. The van der Waals surface area contributed by atoms with E-state index in [2.05, 4.69) is 20.1 Å². The zero-order valence-electron chi connectivity index (χ0n) is 14.2. The molecule has 0 aromatic carbocycles. The van der Waals surface area contributed by atoms with Crippen LogP contribution in [0, 0.1) is 13.8 Å². The second-order valence-corrected chi connectivity index (χ2v) is 5.79. The van der Waals surface area contributed by atoms with Crippen molar-refractivity contribution in [3.8, 4) is 0 Å². The van der Waals surface area contributed by atoms with Crippen molar-refractivity contribution in [3.63, 3.8) is 0 Å². The number of anilines is 1. The maximum atomic E-state index is 12.5. The van der Waals surface area contributed by atoms with E-state index in [0.29, 0.717) is 6.54 Å². The van der Waals surface area contributed by atoms with Gasteiger partial charge in [0.05, 0.1) is 24.6 Å². The average molecular weight is 362 g/mol. The number of nitrogens with zero attached hydrogens (tertiary/aromatic N) is 3. The number of alkyl halides is 3. The number of aryl methyl sites for hydroxylation is 1. The monoisotopic (exact) mass is 362 g/mol. The third-order valence-electron chi connectivity index (χ3n) is 3.98. The molecule has 0 saturated heterocycles. The molecule has 0 saturated carbocycles.